The summed E-state index contributed by atoms with van der Waals surface area (Å²) in [4.78, 5) is 27.6. The van der Waals surface area contributed by atoms with Gasteiger partial charge < -0.3 is 15.3 Å². The highest BCUT2D eigenvalue weighted by atomic mass is 16.3. The van der Waals surface area contributed by atoms with E-state index in [1.54, 1.807) is 40.4 Å². The van der Waals surface area contributed by atoms with Crippen molar-refractivity contribution < 1.29 is 14.7 Å². The number of carbonyl (C=O) groups is 2. The summed E-state index contributed by atoms with van der Waals surface area (Å²) in [6.07, 6.45) is 7.74. The number of nitrogens with one attached hydrogen (secondary N) is 3. The Labute approximate surface area is 217 Å². The van der Waals surface area contributed by atoms with Crippen LogP contribution in [0.3, 0.4) is 0 Å². The molecule has 38 heavy (non-hydrogen) atoms. The predicted octanol–water partition coefficient (Wildman–Crippen LogP) is 3.05. The van der Waals surface area contributed by atoms with Crippen molar-refractivity contribution in [1.82, 2.24) is 35.1 Å². The topological polar surface area (TPSA) is 145 Å². The highest BCUT2D eigenvalue weighted by Crippen LogP contribution is 2.25. The molecule has 1 aliphatic rings. The Morgan fingerprint density at radius 3 is 2.76 bits per heavy atom. The summed E-state index contributed by atoms with van der Waals surface area (Å²) in [6, 6.07) is 13.2. The molecule has 0 atom stereocenters. The largest absolute Gasteiger partial charge is 0.393 e. The van der Waals surface area contributed by atoms with Gasteiger partial charge >= 0.3 is 0 Å². The van der Waals surface area contributed by atoms with Crippen LogP contribution in [0.5, 0.6) is 0 Å². The van der Waals surface area contributed by atoms with Crippen molar-refractivity contribution in [3.63, 3.8) is 0 Å². The van der Waals surface area contributed by atoms with Crippen LogP contribution in [0.2, 0.25) is 0 Å². The fourth-order valence-electron chi connectivity index (χ4n) is 4.73. The van der Waals surface area contributed by atoms with Gasteiger partial charge in [0.05, 0.1) is 36.2 Å². The molecule has 0 radical (unpaired) electrons. The predicted molar refractivity (Wildman–Crippen MR) is 141 cm³/mol. The molecule has 6 rings (SSSR count). The molecule has 1 aliphatic heterocycles. The number of fused-ring (bicyclic) bond motifs is 1. The number of rotatable bonds is 6. The lowest BCUT2D eigenvalue weighted by molar-refractivity contribution is 0.0546. The normalized spacial score (nSPS) is 14.2. The van der Waals surface area contributed by atoms with Gasteiger partial charge in [0.1, 0.15) is 0 Å². The van der Waals surface area contributed by atoms with Crippen LogP contribution in [-0.4, -0.2) is 71.2 Å². The lowest BCUT2D eigenvalue weighted by atomic mass is 10.1. The van der Waals surface area contributed by atoms with Gasteiger partial charge in [-0.1, -0.05) is 18.2 Å². The van der Waals surface area contributed by atoms with Crippen LogP contribution in [0.25, 0.3) is 22.0 Å². The summed E-state index contributed by atoms with van der Waals surface area (Å²) in [6.45, 7) is 1.56. The second kappa shape index (κ2) is 9.94. The van der Waals surface area contributed by atoms with Crippen LogP contribution in [-0.2, 0) is 6.54 Å². The lowest BCUT2D eigenvalue weighted by Gasteiger charge is -2.29. The smallest absolute Gasteiger partial charge is 0.276 e. The second-order valence-electron chi connectivity index (χ2n) is 9.42. The van der Waals surface area contributed by atoms with Crippen molar-refractivity contribution in [1.29, 1.82) is 0 Å². The van der Waals surface area contributed by atoms with Gasteiger partial charge in [0, 0.05) is 42.0 Å². The molecule has 11 heteroatoms. The Morgan fingerprint density at radius 1 is 1.08 bits per heavy atom. The number of carbonyl (C=O) groups excluding carboxylic acids is 2. The number of aromatic amines is 2. The maximum absolute atomic E-state index is 13.0. The van der Waals surface area contributed by atoms with Crippen molar-refractivity contribution >= 4 is 28.4 Å². The summed E-state index contributed by atoms with van der Waals surface area (Å²) < 4.78 is 1.70. The number of hydrogen-bond donors (Lipinski definition) is 4. The number of hydrogen-bond acceptors (Lipinski definition) is 6. The molecule has 1 saturated heterocycles. The Morgan fingerprint density at radius 2 is 1.95 bits per heavy atom. The molecule has 4 heterocycles. The van der Waals surface area contributed by atoms with E-state index in [1.807, 2.05) is 36.4 Å². The van der Waals surface area contributed by atoms with Gasteiger partial charge in [0.25, 0.3) is 11.8 Å². The quantitative estimate of drug-likeness (QED) is 0.276. The number of aliphatic hydroxyl groups is 1. The number of benzene rings is 2. The van der Waals surface area contributed by atoms with Gasteiger partial charge in [-0.15, -0.1) is 0 Å². The van der Waals surface area contributed by atoms with Crippen molar-refractivity contribution in [2.24, 2.45) is 0 Å². The maximum atomic E-state index is 13.0. The van der Waals surface area contributed by atoms with Crippen LogP contribution in [0.4, 0.5) is 5.69 Å². The number of anilines is 1. The standard InChI is InChI=1S/C27H26N8O3/c36-22-6-8-34(9-7-22)27(38)19-3-1-2-17(10-19)15-35-16-21(14-30-35)31-26(37)25-23-5-4-18(11-24(23)32-33-25)20-12-28-29-13-20/h1-5,10-14,16,22,36H,6-9,15H2,(H,28,29)(H,31,37)(H,32,33). The molecule has 0 aliphatic carbocycles. The van der Waals surface area contributed by atoms with Crippen molar-refractivity contribution in [2.75, 3.05) is 18.4 Å². The third-order valence-corrected chi connectivity index (χ3v) is 6.77. The van der Waals surface area contributed by atoms with Crippen LogP contribution >= 0.6 is 0 Å². The van der Waals surface area contributed by atoms with Gasteiger partial charge in [-0.25, -0.2) is 0 Å². The molecule has 3 aromatic heterocycles. The van der Waals surface area contributed by atoms with Crippen LogP contribution in [0, 0.1) is 0 Å². The highest BCUT2D eigenvalue weighted by Gasteiger charge is 2.22. The molecule has 11 nitrogen and oxygen atoms in total. The van der Waals surface area contributed by atoms with E-state index in [0.717, 1.165) is 22.2 Å². The van der Waals surface area contributed by atoms with Crippen molar-refractivity contribution in [3.05, 3.63) is 84.1 Å². The number of nitrogens with zero attached hydrogens (tertiary/aromatic N) is 5. The van der Waals surface area contributed by atoms with Crippen LogP contribution < -0.4 is 5.32 Å². The number of aromatic nitrogens is 6. The van der Waals surface area contributed by atoms with E-state index in [9.17, 15) is 14.7 Å². The maximum Gasteiger partial charge on any atom is 0.276 e. The average Bonchev–Trinajstić information content (AvgIpc) is 3.70. The number of likely N-dealkylation sites (tertiary alicyclic amines) is 1. The van der Waals surface area contributed by atoms with E-state index in [2.05, 4.69) is 30.8 Å². The van der Waals surface area contributed by atoms with Gasteiger partial charge in [-0.3, -0.25) is 24.5 Å². The highest BCUT2D eigenvalue weighted by molar-refractivity contribution is 6.11. The van der Waals surface area contributed by atoms with E-state index in [4.69, 9.17) is 0 Å². The zero-order chi connectivity index (χ0) is 26.1. The molecule has 192 valence electrons. The minimum Gasteiger partial charge on any atom is -0.393 e. The van der Waals surface area contributed by atoms with Gasteiger partial charge in [0.15, 0.2) is 5.69 Å². The fraction of sp³-hybridized carbons (Fsp3) is 0.222. The van der Waals surface area contributed by atoms with Crippen LogP contribution in [0.1, 0.15) is 39.3 Å². The third kappa shape index (κ3) is 4.78. The zero-order valence-electron chi connectivity index (χ0n) is 20.5. The fourth-order valence-corrected chi connectivity index (χ4v) is 4.73. The molecular weight excluding hydrogens is 484 g/mol. The first kappa shape index (κ1) is 23.6. The first-order chi connectivity index (χ1) is 18.5. The summed E-state index contributed by atoms with van der Waals surface area (Å²) in [5, 5.41) is 31.6. The lowest BCUT2D eigenvalue weighted by Crippen LogP contribution is -2.40. The first-order valence-electron chi connectivity index (χ1n) is 12.4. The number of amides is 2. The number of aliphatic hydroxyl groups excluding tert-OH is 1. The first-order valence-corrected chi connectivity index (χ1v) is 12.4. The number of piperidine rings is 1. The van der Waals surface area contributed by atoms with E-state index in [1.165, 1.54) is 0 Å². The summed E-state index contributed by atoms with van der Waals surface area (Å²) in [5.74, 6) is -0.374. The Hall–Kier alpha value is -4.77. The molecule has 0 unspecified atom stereocenters. The van der Waals surface area contributed by atoms with Crippen molar-refractivity contribution in [3.8, 4) is 11.1 Å². The van der Waals surface area contributed by atoms with E-state index in [0.29, 0.717) is 54.8 Å². The minimum atomic E-state index is -0.342. The SMILES string of the molecule is O=C(Nc1cnn(Cc2cccc(C(=O)N3CCC(O)CC3)c2)c1)c1n[nH]c2cc(-c3cn[nH]c3)ccc12. The number of H-pyrrole nitrogens is 2. The van der Waals surface area contributed by atoms with E-state index in [-0.39, 0.29) is 17.9 Å². The Kier molecular flexibility index (Phi) is 6.18. The van der Waals surface area contributed by atoms with Crippen molar-refractivity contribution in [2.45, 2.75) is 25.5 Å². The minimum absolute atomic E-state index is 0.0321. The van der Waals surface area contributed by atoms with Crippen LogP contribution in [0.15, 0.2) is 67.3 Å². The molecule has 1 fully saturated rings. The molecule has 0 saturated carbocycles. The molecule has 5 aromatic rings. The monoisotopic (exact) mass is 510 g/mol. The Bertz CT molecular complexity index is 1600. The van der Waals surface area contributed by atoms with E-state index >= 15 is 0 Å². The molecule has 0 bridgehead atoms. The van der Waals surface area contributed by atoms with Gasteiger partial charge in [0.2, 0.25) is 0 Å². The second-order valence-corrected chi connectivity index (χ2v) is 9.42. The Balaban J connectivity index is 1.12. The summed E-state index contributed by atoms with van der Waals surface area (Å²) in [5.41, 5.74) is 5.02. The average molecular weight is 511 g/mol. The van der Waals surface area contributed by atoms with Gasteiger partial charge in [-0.05, 0) is 48.2 Å². The molecule has 4 N–H and O–H groups in total. The summed E-state index contributed by atoms with van der Waals surface area (Å²) in [7, 11) is 0. The van der Waals surface area contributed by atoms with Gasteiger partial charge in [-0.2, -0.15) is 15.3 Å². The zero-order valence-corrected chi connectivity index (χ0v) is 20.5. The molecule has 2 aromatic carbocycles. The summed E-state index contributed by atoms with van der Waals surface area (Å²) >= 11 is 0. The van der Waals surface area contributed by atoms with E-state index < -0.39 is 0 Å². The molecular formula is C27H26N8O3. The molecule has 2 amide bonds. The third-order valence-electron chi connectivity index (χ3n) is 6.77. The molecule has 0 spiro atoms.